The van der Waals surface area contributed by atoms with Gasteiger partial charge in [0.1, 0.15) is 5.82 Å². The summed E-state index contributed by atoms with van der Waals surface area (Å²) in [5.41, 5.74) is 0.660. The van der Waals surface area contributed by atoms with Gasteiger partial charge >= 0.3 is 5.97 Å². The summed E-state index contributed by atoms with van der Waals surface area (Å²) in [5.74, 6) is -2.00. The molecule has 0 fully saturated rings. The molecule has 0 saturated carbocycles. The Morgan fingerprint density at radius 2 is 1.70 bits per heavy atom. The third-order valence-electron chi connectivity index (χ3n) is 3.64. The van der Waals surface area contributed by atoms with Gasteiger partial charge in [-0.15, -0.1) is 11.3 Å². The molecule has 3 rings (SSSR count). The van der Waals surface area contributed by atoms with Crippen molar-refractivity contribution in [1.82, 2.24) is 0 Å². The number of para-hydroxylation sites is 1. The Morgan fingerprint density at radius 3 is 2.41 bits per heavy atom. The van der Waals surface area contributed by atoms with Crippen molar-refractivity contribution >= 4 is 34.7 Å². The molecule has 2 aromatic carbocycles. The molecule has 1 amide bonds. The van der Waals surface area contributed by atoms with E-state index in [1.165, 1.54) is 29.5 Å². The zero-order valence-electron chi connectivity index (χ0n) is 14.0. The highest BCUT2D eigenvalue weighted by molar-refractivity contribution is 7.12. The average Bonchev–Trinajstić information content (AvgIpc) is 3.22. The van der Waals surface area contributed by atoms with Crippen LogP contribution in [0.5, 0.6) is 0 Å². The molecular weight excluding hydrogens is 369 g/mol. The number of rotatable bonds is 6. The smallest absolute Gasteiger partial charge is 0.340 e. The fraction of sp³-hybridized carbons (Fsp3) is 0.0500. The summed E-state index contributed by atoms with van der Waals surface area (Å²) in [6, 6.07) is 14.7. The van der Waals surface area contributed by atoms with Crippen LogP contribution in [0.1, 0.15) is 30.4 Å². The van der Waals surface area contributed by atoms with E-state index in [4.69, 9.17) is 4.74 Å². The molecule has 0 aliphatic heterocycles. The van der Waals surface area contributed by atoms with Crippen molar-refractivity contribution in [2.75, 3.05) is 11.9 Å². The summed E-state index contributed by atoms with van der Waals surface area (Å²) in [7, 11) is 0. The molecule has 0 saturated heterocycles. The van der Waals surface area contributed by atoms with Crippen LogP contribution < -0.4 is 5.32 Å². The fourth-order valence-corrected chi connectivity index (χ4v) is 2.91. The molecule has 27 heavy (non-hydrogen) atoms. The van der Waals surface area contributed by atoms with Gasteiger partial charge in [0.15, 0.2) is 12.4 Å². The number of thiophene rings is 1. The van der Waals surface area contributed by atoms with E-state index < -0.39 is 24.2 Å². The molecule has 0 unspecified atom stereocenters. The van der Waals surface area contributed by atoms with Crippen LogP contribution in [0.15, 0.2) is 66.0 Å². The minimum absolute atomic E-state index is 0.134. The first kappa shape index (κ1) is 18.5. The van der Waals surface area contributed by atoms with Crippen LogP contribution in [0.2, 0.25) is 0 Å². The van der Waals surface area contributed by atoms with Gasteiger partial charge in [-0.25, -0.2) is 9.18 Å². The number of ketones is 1. The molecule has 1 N–H and O–H groups in total. The molecule has 7 heteroatoms. The van der Waals surface area contributed by atoms with E-state index in [1.54, 1.807) is 35.7 Å². The summed E-state index contributed by atoms with van der Waals surface area (Å²) >= 11 is 1.28. The van der Waals surface area contributed by atoms with E-state index in [9.17, 15) is 18.8 Å². The second kappa shape index (κ2) is 8.37. The monoisotopic (exact) mass is 383 g/mol. The third-order valence-corrected chi connectivity index (χ3v) is 4.51. The van der Waals surface area contributed by atoms with Crippen molar-refractivity contribution in [3.05, 3.63) is 87.9 Å². The minimum atomic E-state index is -0.743. The van der Waals surface area contributed by atoms with Crippen LogP contribution >= 0.6 is 11.3 Å². The van der Waals surface area contributed by atoms with Crippen molar-refractivity contribution in [1.29, 1.82) is 0 Å². The highest BCUT2D eigenvalue weighted by atomic mass is 32.1. The van der Waals surface area contributed by atoms with Crippen molar-refractivity contribution < 1.29 is 23.5 Å². The van der Waals surface area contributed by atoms with Crippen LogP contribution in [0, 0.1) is 5.82 Å². The number of hydrogen-bond acceptors (Lipinski definition) is 5. The maximum absolute atomic E-state index is 12.9. The lowest BCUT2D eigenvalue weighted by Gasteiger charge is -2.10. The molecule has 1 aromatic heterocycles. The predicted molar refractivity (Wildman–Crippen MR) is 99.7 cm³/mol. The van der Waals surface area contributed by atoms with Crippen LogP contribution in [0.25, 0.3) is 0 Å². The van der Waals surface area contributed by atoms with Gasteiger partial charge in [-0.05, 0) is 47.8 Å². The number of carbonyl (C=O) groups is 3. The van der Waals surface area contributed by atoms with E-state index in [0.29, 0.717) is 4.88 Å². The molecule has 1 heterocycles. The highest BCUT2D eigenvalue weighted by Gasteiger charge is 2.17. The standard InChI is InChI=1S/C20H14FNO4S/c21-14-9-7-13(8-10-14)17(23)12-26-20(25)15-4-1-2-5-16(15)22-19(24)18-6-3-11-27-18/h1-11H,12H2,(H,22,24). The number of amides is 1. The van der Waals surface area contributed by atoms with Gasteiger partial charge in [-0.2, -0.15) is 0 Å². The number of Topliss-reactive ketones (excluding diaryl/α,β-unsaturated/α-hetero) is 1. The van der Waals surface area contributed by atoms with Crippen molar-refractivity contribution in [2.45, 2.75) is 0 Å². The van der Waals surface area contributed by atoms with Gasteiger partial charge in [-0.3, -0.25) is 9.59 Å². The maximum Gasteiger partial charge on any atom is 0.340 e. The molecule has 5 nitrogen and oxygen atoms in total. The van der Waals surface area contributed by atoms with E-state index in [1.807, 2.05) is 0 Å². The summed E-state index contributed by atoms with van der Waals surface area (Å²) in [5, 5.41) is 4.44. The normalized spacial score (nSPS) is 10.3. The average molecular weight is 383 g/mol. The second-order valence-electron chi connectivity index (χ2n) is 5.48. The Kier molecular flexibility index (Phi) is 5.73. The van der Waals surface area contributed by atoms with Crippen molar-refractivity contribution in [2.24, 2.45) is 0 Å². The topological polar surface area (TPSA) is 72.5 Å². The molecule has 0 spiro atoms. The van der Waals surface area contributed by atoms with Gasteiger partial charge in [0.05, 0.1) is 16.1 Å². The van der Waals surface area contributed by atoms with Gasteiger partial charge in [0.2, 0.25) is 0 Å². The molecule has 0 atom stereocenters. The van der Waals surface area contributed by atoms with Crippen LogP contribution in [0.4, 0.5) is 10.1 Å². The largest absolute Gasteiger partial charge is 0.454 e. The Labute approximate surface area is 158 Å². The van der Waals surface area contributed by atoms with Crippen molar-refractivity contribution in [3.63, 3.8) is 0 Å². The number of benzene rings is 2. The zero-order valence-corrected chi connectivity index (χ0v) is 14.8. The van der Waals surface area contributed by atoms with Gasteiger partial charge in [-0.1, -0.05) is 18.2 Å². The lowest BCUT2D eigenvalue weighted by molar-refractivity contribution is 0.0475. The molecule has 3 aromatic rings. The van der Waals surface area contributed by atoms with Gasteiger partial charge < -0.3 is 10.1 Å². The number of anilines is 1. The van der Waals surface area contributed by atoms with Crippen LogP contribution in [-0.4, -0.2) is 24.3 Å². The summed E-state index contributed by atoms with van der Waals surface area (Å²) < 4.78 is 18.0. The Balaban J connectivity index is 1.67. The van der Waals surface area contributed by atoms with Crippen LogP contribution in [-0.2, 0) is 4.74 Å². The molecule has 0 aliphatic rings. The summed E-state index contributed by atoms with van der Waals surface area (Å²) in [6.45, 7) is -0.488. The SMILES string of the molecule is O=C(COC(=O)c1ccccc1NC(=O)c1cccs1)c1ccc(F)cc1. The number of hydrogen-bond donors (Lipinski definition) is 1. The van der Waals surface area contributed by atoms with Crippen molar-refractivity contribution in [3.8, 4) is 0 Å². The molecule has 0 bridgehead atoms. The summed E-state index contributed by atoms with van der Waals surface area (Å²) in [6.07, 6.45) is 0. The van der Waals surface area contributed by atoms with Gasteiger partial charge in [0, 0.05) is 5.56 Å². The number of esters is 1. The number of ether oxygens (including phenoxy) is 1. The molecule has 0 radical (unpaired) electrons. The molecular formula is C20H14FNO4S. The van der Waals surface area contributed by atoms with Crippen LogP contribution in [0.3, 0.4) is 0 Å². The number of nitrogens with one attached hydrogen (secondary N) is 1. The van der Waals surface area contributed by atoms with E-state index in [0.717, 1.165) is 12.1 Å². The fourth-order valence-electron chi connectivity index (χ4n) is 2.29. The Hall–Kier alpha value is -3.32. The zero-order chi connectivity index (χ0) is 19.2. The molecule has 0 aliphatic carbocycles. The maximum atomic E-state index is 12.9. The van der Waals surface area contributed by atoms with E-state index in [2.05, 4.69) is 5.32 Å². The first-order valence-corrected chi connectivity index (χ1v) is 8.82. The first-order valence-electron chi connectivity index (χ1n) is 7.94. The lowest BCUT2D eigenvalue weighted by Crippen LogP contribution is -2.17. The number of carbonyl (C=O) groups excluding carboxylic acids is 3. The van der Waals surface area contributed by atoms with Gasteiger partial charge in [0.25, 0.3) is 5.91 Å². The second-order valence-corrected chi connectivity index (χ2v) is 6.43. The highest BCUT2D eigenvalue weighted by Crippen LogP contribution is 2.19. The summed E-state index contributed by atoms with van der Waals surface area (Å²) in [4.78, 5) is 37.1. The van der Waals surface area contributed by atoms with E-state index in [-0.39, 0.29) is 22.7 Å². The minimum Gasteiger partial charge on any atom is -0.454 e. The lowest BCUT2D eigenvalue weighted by atomic mass is 10.1. The first-order chi connectivity index (χ1) is 13.0. The third kappa shape index (κ3) is 4.65. The predicted octanol–water partition coefficient (Wildman–Crippen LogP) is 4.18. The number of halogens is 1. The Bertz CT molecular complexity index is 968. The van der Waals surface area contributed by atoms with E-state index >= 15 is 0 Å². The quantitative estimate of drug-likeness (QED) is 0.512. The Morgan fingerprint density at radius 1 is 0.963 bits per heavy atom. The molecule has 136 valence electrons.